The highest BCUT2D eigenvalue weighted by Gasteiger charge is 2.37. The summed E-state index contributed by atoms with van der Waals surface area (Å²) in [5.74, 6) is -0.800. The molecular weight excluding hydrogens is 1010 g/mol. The minimum absolute atomic E-state index is 0.193. The van der Waals surface area contributed by atoms with E-state index in [1.54, 1.807) is 33.7 Å². The molecular formula is C50H70F6N12O8. The first-order chi connectivity index (χ1) is 35.6. The fourth-order valence-corrected chi connectivity index (χ4v) is 7.56. The number of alkyl halides is 6. The van der Waals surface area contributed by atoms with E-state index in [0.29, 0.717) is 88.0 Å². The Bertz CT molecular complexity index is 2410. The van der Waals surface area contributed by atoms with Gasteiger partial charge in [-0.1, -0.05) is 41.5 Å². The molecule has 2 aliphatic heterocycles. The first-order valence-electron chi connectivity index (χ1n) is 25.0. The van der Waals surface area contributed by atoms with Crippen LogP contribution >= 0.6 is 0 Å². The lowest BCUT2D eigenvalue weighted by Gasteiger charge is -2.36. The van der Waals surface area contributed by atoms with E-state index in [9.17, 15) is 45.5 Å². The third-order valence-corrected chi connectivity index (χ3v) is 11.6. The number of aliphatic carboxylic acids is 2. The summed E-state index contributed by atoms with van der Waals surface area (Å²) >= 11 is 0. The van der Waals surface area contributed by atoms with E-state index in [1.165, 1.54) is 0 Å². The highest BCUT2D eigenvalue weighted by molar-refractivity contribution is 5.89. The van der Waals surface area contributed by atoms with Gasteiger partial charge in [0.05, 0.1) is 13.2 Å². The van der Waals surface area contributed by atoms with Crippen molar-refractivity contribution in [2.24, 2.45) is 0 Å². The number of anilines is 2. The standard InChI is InChI=1S/2C23H33F3N6O2.C4H4O4/c2*1-5-34-19-8-11-32(21(33)29-19)10-7-6-9-30-12-14-31(15-13-30)18-16-17(23(24,25)26)27-20(28-18)22(2,3)4;5-3(6)1-2-4(7)8/h2*8,11,16H,5-7,9-10,12-15H2,1-4H3;1-2H,(H,5,6)(H,7,8). The molecule has 0 radical (unpaired) electrons. The lowest BCUT2D eigenvalue weighted by atomic mass is 9.95. The molecule has 0 saturated carbocycles. The third kappa shape index (κ3) is 20.4. The van der Waals surface area contributed by atoms with Crippen LogP contribution in [0.3, 0.4) is 0 Å². The fourth-order valence-electron chi connectivity index (χ4n) is 7.56. The molecule has 6 heterocycles. The number of aryl methyl sites for hydroxylation is 2. The Morgan fingerprint density at radius 1 is 0.539 bits per heavy atom. The number of hydrogen-bond donors (Lipinski definition) is 2. The van der Waals surface area contributed by atoms with E-state index < -0.39 is 46.5 Å². The molecule has 4 aromatic rings. The molecule has 6 rings (SSSR count). The fraction of sp³-hybridized carbons (Fsp3) is 0.600. The van der Waals surface area contributed by atoms with Gasteiger partial charge in [0, 0.05) is 125 Å². The van der Waals surface area contributed by atoms with Gasteiger partial charge in [-0.3, -0.25) is 18.9 Å². The van der Waals surface area contributed by atoms with Gasteiger partial charge in [-0.05, 0) is 52.6 Å². The number of hydrogen-bond acceptors (Lipinski definition) is 16. The van der Waals surface area contributed by atoms with Crippen molar-refractivity contribution in [3.8, 4) is 11.8 Å². The van der Waals surface area contributed by atoms with E-state index >= 15 is 0 Å². The number of rotatable bonds is 18. The Balaban J connectivity index is 0.000000287. The number of piperazine rings is 2. The van der Waals surface area contributed by atoms with Gasteiger partial charge in [0.15, 0.2) is 0 Å². The van der Waals surface area contributed by atoms with E-state index in [2.05, 4.69) is 39.7 Å². The Morgan fingerprint density at radius 2 is 0.868 bits per heavy atom. The smallest absolute Gasteiger partial charge is 0.433 e. The van der Waals surface area contributed by atoms with E-state index in [-0.39, 0.29) is 23.0 Å². The number of halogens is 6. The normalized spacial score (nSPS) is 14.9. The number of carboxylic acids is 2. The van der Waals surface area contributed by atoms with Crippen LogP contribution in [0, 0.1) is 0 Å². The maximum atomic E-state index is 13.4. The van der Waals surface area contributed by atoms with Crippen LogP contribution in [0.1, 0.15) is 104 Å². The van der Waals surface area contributed by atoms with Crippen LogP contribution in [0.25, 0.3) is 0 Å². The highest BCUT2D eigenvalue weighted by atomic mass is 19.4. The second-order valence-electron chi connectivity index (χ2n) is 19.8. The van der Waals surface area contributed by atoms with Crippen LogP contribution < -0.4 is 30.7 Å². The van der Waals surface area contributed by atoms with Gasteiger partial charge >= 0.3 is 35.7 Å². The Hall–Kier alpha value is -6.70. The number of ether oxygens (including phenoxy) is 2. The molecule has 4 aromatic heterocycles. The Labute approximate surface area is 437 Å². The number of unbranched alkanes of at least 4 members (excludes halogenated alkanes) is 2. The Morgan fingerprint density at radius 3 is 1.14 bits per heavy atom. The van der Waals surface area contributed by atoms with Gasteiger partial charge < -0.3 is 29.5 Å². The van der Waals surface area contributed by atoms with Crippen LogP contribution in [0.4, 0.5) is 38.0 Å². The van der Waals surface area contributed by atoms with Crippen molar-refractivity contribution in [2.45, 2.75) is 117 Å². The molecule has 2 saturated heterocycles. The van der Waals surface area contributed by atoms with Crippen LogP contribution in [-0.2, 0) is 45.9 Å². The van der Waals surface area contributed by atoms with Gasteiger partial charge in [-0.25, -0.2) is 39.1 Å². The van der Waals surface area contributed by atoms with Gasteiger partial charge in [0.25, 0.3) is 0 Å². The quantitative estimate of drug-likeness (QED) is 0.0623. The van der Waals surface area contributed by atoms with Crippen molar-refractivity contribution in [1.82, 2.24) is 48.8 Å². The lowest BCUT2D eigenvalue weighted by Crippen LogP contribution is -2.47. The van der Waals surface area contributed by atoms with E-state index in [1.807, 2.05) is 65.2 Å². The van der Waals surface area contributed by atoms with Crippen LogP contribution in [-0.4, -0.2) is 150 Å². The number of carboxylic acid groups (broad SMARTS) is 2. The SMILES string of the molecule is CCOc1ccn(CCCCN2CCN(c3cc(C(F)(F)F)nc(C(C)(C)C)n3)CC2)c(=O)n1.CCOc1ccn(CCCCN2CCN(c3cc(C(F)(F)F)nc(C(C)(C)C)n3)CC2)c(=O)n1.O=C(O)C=CC(=O)O. The summed E-state index contributed by atoms with van der Waals surface area (Å²) in [4.78, 5) is 75.8. The molecule has 420 valence electrons. The molecule has 76 heavy (non-hydrogen) atoms. The molecule has 0 atom stereocenters. The topological polar surface area (TPSA) is 227 Å². The molecule has 2 aliphatic rings. The molecule has 0 aliphatic carbocycles. The summed E-state index contributed by atoms with van der Waals surface area (Å²) in [5.41, 5.74) is -3.61. The lowest BCUT2D eigenvalue weighted by molar-refractivity contribution is -0.142. The first kappa shape index (κ1) is 61.8. The van der Waals surface area contributed by atoms with Crippen molar-refractivity contribution in [3.63, 3.8) is 0 Å². The summed E-state index contributed by atoms with van der Waals surface area (Å²) in [6.45, 7) is 23.6. The van der Waals surface area contributed by atoms with E-state index in [4.69, 9.17) is 19.7 Å². The first-order valence-corrected chi connectivity index (χ1v) is 25.0. The minimum Gasteiger partial charge on any atom is -0.478 e. The van der Waals surface area contributed by atoms with Crippen LogP contribution in [0.5, 0.6) is 11.8 Å². The second kappa shape index (κ2) is 27.9. The molecule has 2 fully saturated rings. The molecule has 0 unspecified atom stereocenters. The predicted molar refractivity (Wildman–Crippen MR) is 271 cm³/mol. The van der Waals surface area contributed by atoms with Gasteiger partial charge in [0.2, 0.25) is 11.8 Å². The van der Waals surface area contributed by atoms with Crippen molar-refractivity contribution < 1.29 is 55.6 Å². The number of carbonyl (C=O) groups is 2. The molecule has 0 spiro atoms. The maximum Gasteiger partial charge on any atom is 0.433 e. The maximum absolute atomic E-state index is 13.4. The van der Waals surface area contributed by atoms with E-state index in [0.717, 1.165) is 77.1 Å². The van der Waals surface area contributed by atoms with Crippen molar-refractivity contribution in [1.29, 1.82) is 0 Å². The zero-order chi connectivity index (χ0) is 56.4. The Kier molecular flexibility index (Phi) is 22.7. The zero-order valence-electron chi connectivity index (χ0n) is 44.3. The number of nitrogens with zero attached hydrogens (tertiary/aromatic N) is 12. The van der Waals surface area contributed by atoms with Gasteiger partial charge in [-0.15, -0.1) is 0 Å². The average Bonchev–Trinajstić information content (AvgIpc) is 3.34. The predicted octanol–water partition coefficient (Wildman–Crippen LogP) is 6.41. The van der Waals surface area contributed by atoms with Crippen LogP contribution in [0.15, 0.2) is 58.4 Å². The molecule has 0 aromatic carbocycles. The summed E-state index contributed by atoms with van der Waals surface area (Å²) in [7, 11) is 0. The third-order valence-electron chi connectivity index (χ3n) is 11.6. The molecule has 2 N–H and O–H groups in total. The highest BCUT2D eigenvalue weighted by Crippen LogP contribution is 2.34. The molecule has 20 nitrogen and oxygen atoms in total. The minimum atomic E-state index is -4.51. The second-order valence-corrected chi connectivity index (χ2v) is 19.8. The monoisotopic (exact) mass is 1080 g/mol. The summed E-state index contributed by atoms with van der Waals surface area (Å²) in [6.07, 6.45) is -1.06. The summed E-state index contributed by atoms with van der Waals surface area (Å²) in [5, 5.41) is 15.6. The number of aromatic nitrogens is 8. The van der Waals surface area contributed by atoms with Crippen molar-refractivity contribution in [2.75, 3.05) is 88.5 Å². The van der Waals surface area contributed by atoms with Crippen molar-refractivity contribution in [3.05, 3.63) is 92.8 Å². The van der Waals surface area contributed by atoms with Gasteiger partial charge in [0.1, 0.15) is 34.7 Å². The summed E-state index contributed by atoms with van der Waals surface area (Å²) < 4.78 is 94.0. The van der Waals surface area contributed by atoms with Crippen LogP contribution in [0.2, 0.25) is 0 Å². The zero-order valence-corrected chi connectivity index (χ0v) is 44.3. The van der Waals surface area contributed by atoms with Gasteiger partial charge in [-0.2, -0.15) is 36.3 Å². The molecule has 0 bridgehead atoms. The molecule has 0 amide bonds. The van der Waals surface area contributed by atoms with Crippen molar-refractivity contribution >= 4 is 23.6 Å². The average molecular weight is 1080 g/mol. The summed E-state index contributed by atoms with van der Waals surface area (Å²) in [6, 6.07) is 5.47. The largest absolute Gasteiger partial charge is 0.478 e. The molecule has 26 heteroatoms.